The van der Waals surface area contributed by atoms with Crippen LogP contribution >= 0.6 is 0 Å². The minimum absolute atomic E-state index is 0.250. The van der Waals surface area contributed by atoms with Gasteiger partial charge in [-0.05, 0) is 18.4 Å². The van der Waals surface area contributed by atoms with Crippen molar-refractivity contribution in [3.63, 3.8) is 0 Å². The second kappa shape index (κ2) is 7.11. The van der Waals surface area contributed by atoms with Crippen LogP contribution in [0.2, 0.25) is 0 Å². The van der Waals surface area contributed by atoms with Gasteiger partial charge in [-0.25, -0.2) is 4.79 Å². The SMILES string of the molecule is CC(C)CCNC(=O)COC(=O)c1cn(C)c2ccccc12. The highest BCUT2D eigenvalue weighted by molar-refractivity contribution is 6.04. The monoisotopic (exact) mass is 302 g/mol. The molecule has 0 aliphatic heterocycles. The van der Waals surface area contributed by atoms with E-state index >= 15 is 0 Å². The number of esters is 1. The number of benzene rings is 1. The zero-order chi connectivity index (χ0) is 16.1. The van der Waals surface area contributed by atoms with E-state index < -0.39 is 5.97 Å². The number of rotatable bonds is 6. The molecule has 1 amide bonds. The van der Waals surface area contributed by atoms with Crippen molar-refractivity contribution in [2.24, 2.45) is 13.0 Å². The highest BCUT2D eigenvalue weighted by Gasteiger charge is 2.16. The molecule has 0 radical (unpaired) electrons. The van der Waals surface area contributed by atoms with Crippen LogP contribution in [0.5, 0.6) is 0 Å². The maximum absolute atomic E-state index is 12.1. The quantitative estimate of drug-likeness (QED) is 0.834. The minimum atomic E-state index is -0.476. The van der Waals surface area contributed by atoms with E-state index in [2.05, 4.69) is 19.2 Å². The summed E-state index contributed by atoms with van der Waals surface area (Å²) in [5, 5.41) is 3.57. The van der Waals surface area contributed by atoms with Gasteiger partial charge in [0.15, 0.2) is 6.61 Å². The smallest absolute Gasteiger partial charge is 0.340 e. The van der Waals surface area contributed by atoms with Crippen molar-refractivity contribution in [1.82, 2.24) is 9.88 Å². The van der Waals surface area contributed by atoms with Crippen LogP contribution in [0.1, 0.15) is 30.6 Å². The summed E-state index contributed by atoms with van der Waals surface area (Å²) in [7, 11) is 1.87. The molecule has 118 valence electrons. The summed E-state index contributed by atoms with van der Waals surface area (Å²) >= 11 is 0. The summed E-state index contributed by atoms with van der Waals surface area (Å²) in [4.78, 5) is 23.8. The molecule has 5 heteroatoms. The first-order valence-electron chi connectivity index (χ1n) is 7.47. The van der Waals surface area contributed by atoms with Gasteiger partial charge in [0.25, 0.3) is 5.91 Å². The van der Waals surface area contributed by atoms with E-state index in [1.165, 1.54) is 0 Å². The lowest BCUT2D eigenvalue weighted by Crippen LogP contribution is -2.30. The topological polar surface area (TPSA) is 60.3 Å². The van der Waals surface area contributed by atoms with Gasteiger partial charge in [-0.3, -0.25) is 4.79 Å². The Kier molecular flexibility index (Phi) is 5.20. The normalized spacial score (nSPS) is 10.9. The number of carbonyl (C=O) groups excluding carboxylic acids is 2. The first-order valence-corrected chi connectivity index (χ1v) is 7.47. The molecule has 0 atom stereocenters. The molecule has 0 unspecified atom stereocenters. The summed E-state index contributed by atoms with van der Waals surface area (Å²) in [6.45, 7) is 4.53. The summed E-state index contributed by atoms with van der Waals surface area (Å²) < 4.78 is 6.97. The number of hydrogen-bond donors (Lipinski definition) is 1. The van der Waals surface area contributed by atoms with E-state index in [4.69, 9.17) is 4.74 Å². The summed E-state index contributed by atoms with van der Waals surface area (Å²) in [5.41, 5.74) is 1.43. The fourth-order valence-corrected chi connectivity index (χ4v) is 2.26. The van der Waals surface area contributed by atoms with Crippen molar-refractivity contribution in [3.05, 3.63) is 36.0 Å². The molecule has 0 aliphatic carbocycles. The van der Waals surface area contributed by atoms with Crippen molar-refractivity contribution in [2.75, 3.05) is 13.2 Å². The molecule has 22 heavy (non-hydrogen) atoms. The lowest BCUT2D eigenvalue weighted by Gasteiger charge is -2.07. The number of amides is 1. The average molecular weight is 302 g/mol. The number of nitrogens with one attached hydrogen (secondary N) is 1. The van der Waals surface area contributed by atoms with Crippen LogP contribution in [0, 0.1) is 5.92 Å². The van der Waals surface area contributed by atoms with Crippen LogP contribution < -0.4 is 5.32 Å². The molecule has 1 aromatic carbocycles. The molecule has 2 rings (SSSR count). The van der Waals surface area contributed by atoms with Crippen LogP contribution in [0.25, 0.3) is 10.9 Å². The predicted octanol–water partition coefficient (Wildman–Crippen LogP) is 2.50. The Balaban J connectivity index is 1.93. The molecule has 1 aromatic heterocycles. The molecule has 0 fully saturated rings. The molecule has 0 bridgehead atoms. The fourth-order valence-electron chi connectivity index (χ4n) is 2.26. The molecule has 2 aromatic rings. The molecular formula is C17H22N2O3. The summed E-state index contributed by atoms with van der Waals surface area (Å²) in [5.74, 6) is -0.219. The first kappa shape index (κ1) is 16.1. The van der Waals surface area contributed by atoms with Gasteiger partial charge in [0.1, 0.15) is 0 Å². The van der Waals surface area contributed by atoms with Gasteiger partial charge >= 0.3 is 5.97 Å². The van der Waals surface area contributed by atoms with Crippen LogP contribution in [-0.2, 0) is 16.6 Å². The third-order valence-corrected chi connectivity index (χ3v) is 3.50. The van der Waals surface area contributed by atoms with Gasteiger partial charge in [0, 0.05) is 30.7 Å². The zero-order valence-electron chi connectivity index (χ0n) is 13.3. The van der Waals surface area contributed by atoms with Crippen molar-refractivity contribution >= 4 is 22.8 Å². The Hall–Kier alpha value is -2.30. The fraction of sp³-hybridized carbons (Fsp3) is 0.412. The maximum atomic E-state index is 12.1. The second-order valence-corrected chi connectivity index (χ2v) is 5.78. The van der Waals surface area contributed by atoms with Gasteiger partial charge in [-0.15, -0.1) is 0 Å². The van der Waals surface area contributed by atoms with Crippen molar-refractivity contribution in [3.8, 4) is 0 Å². The summed E-state index contributed by atoms with van der Waals surface area (Å²) in [6.07, 6.45) is 2.63. The van der Waals surface area contributed by atoms with E-state index in [1.54, 1.807) is 6.20 Å². The second-order valence-electron chi connectivity index (χ2n) is 5.78. The number of aromatic nitrogens is 1. The van der Waals surface area contributed by atoms with Gasteiger partial charge in [-0.1, -0.05) is 32.0 Å². The number of aryl methyl sites for hydroxylation is 1. The van der Waals surface area contributed by atoms with Gasteiger partial charge < -0.3 is 14.6 Å². The van der Waals surface area contributed by atoms with Gasteiger partial charge in [-0.2, -0.15) is 0 Å². The highest BCUT2D eigenvalue weighted by atomic mass is 16.5. The van der Waals surface area contributed by atoms with Crippen LogP contribution in [0.15, 0.2) is 30.5 Å². The summed E-state index contributed by atoms with van der Waals surface area (Å²) in [6, 6.07) is 7.59. The number of nitrogens with zero attached hydrogens (tertiary/aromatic N) is 1. The third kappa shape index (κ3) is 3.87. The zero-order valence-corrected chi connectivity index (χ0v) is 13.3. The number of ether oxygens (including phenoxy) is 1. The van der Waals surface area contributed by atoms with Gasteiger partial charge in [0.2, 0.25) is 0 Å². The van der Waals surface area contributed by atoms with Crippen molar-refractivity contribution in [2.45, 2.75) is 20.3 Å². The largest absolute Gasteiger partial charge is 0.452 e. The van der Waals surface area contributed by atoms with E-state index in [-0.39, 0.29) is 12.5 Å². The minimum Gasteiger partial charge on any atom is -0.452 e. The molecule has 0 saturated heterocycles. The standard InChI is InChI=1S/C17H22N2O3/c1-12(2)8-9-18-16(20)11-22-17(21)14-10-19(3)15-7-5-4-6-13(14)15/h4-7,10,12H,8-9,11H2,1-3H3,(H,18,20). The number of carbonyl (C=O) groups is 2. The first-order chi connectivity index (χ1) is 10.5. The molecule has 0 saturated carbocycles. The third-order valence-electron chi connectivity index (χ3n) is 3.50. The number of hydrogen-bond acceptors (Lipinski definition) is 3. The van der Waals surface area contributed by atoms with E-state index in [0.717, 1.165) is 17.3 Å². The van der Waals surface area contributed by atoms with E-state index in [0.29, 0.717) is 18.0 Å². The lowest BCUT2D eigenvalue weighted by atomic mass is 10.1. The molecule has 0 spiro atoms. The highest BCUT2D eigenvalue weighted by Crippen LogP contribution is 2.20. The van der Waals surface area contributed by atoms with Crippen LogP contribution in [0.4, 0.5) is 0 Å². The Labute approximate surface area is 130 Å². The predicted molar refractivity (Wildman–Crippen MR) is 85.7 cm³/mol. The molecule has 0 aliphatic rings. The molecular weight excluding hydrogens is 280 g/mol. The van der Waals surface area contributed by atoms with Crippen molar-refractivity contribution < 1.29 is 14.3 Å². The Morgan fingerprint density at radius 2 is 2.00 bits per heavy atom. The lowest BCUT2D eigenvalue weighted by molar-refractivity contribution is -0.124. The Morgan fingerprint density at radius 3 is 2.73 bits per heavy atom. The molecule has 1 heterocycles. The number of fused-ring (bicyclic) bond motifs is 1. The average Bonchev–Trinajstić information content (AvgIpc) is 2.82. The van der Waals surface area contributed by atoms with Gasteiger partial charge in [0.05, 0.1) is 5.56 Å². The Morgan fingerprint density at radius 1 is 1.27 bits per heavy atom. The van der Waals surface area contributed by atoms with Crippen molar-refractivity contribution in [1.29, 1.82) is 0 Å². The molecule has 1 N–H and O–H groups in total. The van der Waals surface area contributed by atoms with Crippen LogP contribution in [0.3, 0.4) is 0 Å². The molecule has 5 nitrogen and oxygen atoms in total. The van der Waals surface area contributed by atoms with E-state index in [1.807, 2.05) is 35.9 Å². The Bertz CT molecular complexity index is 674. The van der Waals surface area contributed by atoms with Crippen LogP contribution in [-0.4, -0.2) is 29.6 Å². The maximum Gasteiger partial charge on any atom is 0.340 e. The number of para-hydroxylation sites is 1. The van der Waals surface area contributed by atoms with E-state index in [9.17, 15) is 9.59 Å².